The molecule has 4 heterocycles. The fourth-order valence-corrected chi connectivity index (χ4v) is 5.31. The number of aromatic nitrogens is 2. The topological polar surface area (TPSA) is 50.2 Å². The Kier molecular flexibility index (Phi) is 4.28. The highest BCUT2D eigenvalue weighted by atomic mass is 32.1. The van der Waals surface area contributed by atoms with Gasteiger partial charge < -0.3 is 9.88 Å². The predicted molar refractivity (Wildman–Crippen MR) is 101 cm³/mol. The number of quaternary nitrogens is 1. The van der Waals surface area contributed by atoms with Gasteiger partial charge in [0, 0.05) is 15.8 Å². The minimum Gasteiger partial charge on any atom is -0.326 e. The normalized spacial score (nSPS) is 22.8. The number of piperidine rings is 1. The Morgan fingerprint density at radius 1 is 1.33 bits per heavy atom. The van der Waals surface area contributed by atoms with Gasteiger partial charge in [-0.15, -0.1) is 22.7 Å². The zero-order valence-electron chi connectivity index (χ0n) is 14.0. The summed E-state index contributed by atoms with van der Waals surface area (Å²) in [6, 6.07) is 4.31. The maximum Gasteiger partial charge on any atom is 0.260 e. The lowest BCUT2D eigenvalue weighted by Crippen LogP contribution is -3.13. The maximum atomic E-state index is 12.7. The SMILES string of the molecule is CC1CC[NH+]([C@@H](C)c2nc3scc(-c4cccs4)c3c(=O)[nH]2)CC1. The summed E-state index contributed by atoms with van der Waals surface area (Å²) in [7, 11) is 0. The standard InChI is InChI=1S/C18H21N3OS2/c1-11-5-7-21(8-6-11)12(2)16-19-17(22)15-13(10-24-18(15)20-16)14-4-3-9-23-14/h3-4,9-12H,5-8H2,1-2H3,(H,19,20,22)/p+1/t12-/m0/s1. The summed E-state index contributed by atoms with van der Waals surface area (Å²) in [5.41, 5.74) is 1.01. The summed E-state index contributed by atoms with van der Waals surface area (Å²) in [4.78, 5) is 24.1. The lowest BCUT2D eigenvalue weighted by atomic mass is 9.98. The number of likely N-dealkylation sites (tertiary alicyclic amines) is 1. The van der Waals surface area contributed by atoms with Crippen molar-refractivity contribution in [1.29, 1.82) is 0 Å². The van der Waals surface area contributed by atoms with Crippen LogP contribution in [0.5, 0.6) is 0 Å². The lowest BCUT2D eigenvalue weighted by molar-refractivity contribution is -0.936. The molecule has 0 radical (unpaired) electrons. The number of hydrogen-bond acceptors (Lipinski definition) is 4. The molecule has 2 N–H and O–H groups in total. The van der Waals surface area contributed by atoms with E-state index in [0.717, 1.165) is 45.5 Å². The first-order valence-corrected chi connectivity index (χ1v) is 10.3. The van der Waals surface area contributed by atoms with E-state index in [4.69, 9.17) is 4.98 Å². The molecule has 6 heteroatoms. The van der Waals surface area contributed by atoms with E-state index in [-0.39, 0.29) is 11.6 Å². The molecule has 0 spiro atoms. The molecule has 126 valence electrons. The molecule has 0 saturated carbocycles. The number of fused-ring (bicyclic) bond motifs is 1. The molecule has 3 aromatic heterocycles. The smallest absolute Gasteiger partial charge is 0.260 e. The Morgan fingerprint density at radius 2 is 2.12 bits per heavy atom. The van der Waals surface area contributed by atoms with Crippen LogP contribution < -0.4 is 10.5 Å². The van der Waals surface area contributed by atoms with E-state index in [1.54, 1.807) is 22.7 Å². The van der Waals surface area contributed by atoms with Crippen LogP contribution in [0.15, 0.2) is 27.7 Å². The second-order valence-electron chi connectivity index (χ2n) is 6.82. The number of rotatable bonds is 3. The van der Waals surface area contributed by atoms with Gasteiger partial charge >= 0.3 is 0 Å². The first-order valence-electron chi connectivity index (χ1n) is 8.53. The summed E-state index contributed by atoms with van der Waals surface area (Å²) in [6.45, 7) is 6.83. The van der Waals surface area contributed by atoms with Crippen LogP contribution >= 0.6 is 22.7 Å². The first kappa shape index (κ1) is 16.0. The molecule has 1 fully saturated rings. The van der Waals surface area contributed by atoms with Crippen molar-refractivity contribution in [3.8, 4) is 10.4 Å². The van der Waals surface area contributed by atoms with Crippen molar-refractivity contribution < 1.29 is 4.90 Å². The molecule has 0 amide bonds. The first-order chi connectivity index (χ1) is 11.6. The molecular weight excluding hydrogens is 338 g/mol. The van der Waals surface area contributed by atoms with Crippen LogP contribution in [-0.4, -0.2) is 23.1 Å². The largest absolute Gasteiger partial charge is 0.326 e. The van der Waals surface area contributed by atoms with Gasteiger partial charge in [0.25, 0.3) is 5.56 Å². The van der Waals surface area contributed by atoms with Gasteiger partial charge in [0.15, 0.2) is 5.82 Å². The van der Waals surface area contributed by atoms with Crippen molar-refractivity contribution in [2.75, 3.05) is 13.1 Å². The van der Waals surface area contributed by atoms with E-state index < -0.39 is 0 Å². The number of thiophene rings is 2. The van der Waals surface area contributed by atoms with Crippen molar-refractivity contribution in [3.05, 3.63) is 39.1 Å². The molecule has 24 heavy (non-hydrogen) atoms. The molecular formula is C18H22N3OS2+. The summed E-state index contributed by atoms with van der Waals surface area (Å²) in [5, 5.41) is 4.83. The van der Waals surface area contributed by atoms with Crippen LogP contribution in [0.25, 0.3) is 20.7 Å². The second-order valence-corrected chi connectivity index (χ2v) is 8.63. The predicted octanol–water partition coefficient (Wildman–Crippen LogP) is 3.09. The fourth-order valence-electron chi connectivity index (χ4n) is 3.54. The molecule has 1 aliphatic rings. The summed E-state index contributed by atoms with van der Waals surface area (Å²) in [6.07, 6.45) is 2.52. The quantitative estimate of drug-likeness (QED) is 0.754. The van der Waals surface area contributed by atoms with E-state index in [1.165, 1.54) is 17.7 Å². The Labute approximate surface area is 149 Å². The van der Waals surface area contributed by atoms with E-state index in [0.29, 0.717) is 0 Å². The molecule has 3 aromatic rings. The van der Waals surface area contributed by atoms with Crippen LogP contribution in [0.2, 0.25) is 0 Å². The molecule has 1 aliphatic heterocycles. The third kappa shape index (κ3) is 2.83. The van der Waals surface area contributed by atoms with Crippen molar-refractivity contribution in [2.45, 2.75) is 32.7 Å². The summed E-state index contributed by atoms with van der Waals surface area (Å²) in [5.74, 6) is 1.65. The maximum absolute atomic E-state index is 12.7. The Hall–Kier alpha value is -1.50. The third-order valence-corrected chi connectivity index (χ3v) is 6.96. The molecule has 4 rings (SSSR count). The highest BCUT2D eigenvalue weighted by Crippen LogP contribution is 2.33. The van der Waals surface area contributed by atoms with Gasteiger partial charge in [-0.05, 0) is 37.1 Å². The lowest BCUT2D eigenvalue weighted by Gasteiger charge is -2.31. The zero-order valence-corrected chi connectivity index (χ0v) is 15.6. The average molecular weight is 361 g/mol. The van der Waals surface area contributed by atoms with Gasteiger partial charge in [-0.2, -0.15) is 0 Å². The number of nitrogens with zero attached hydrogens (tertiary/aromatic N) is 1. The molecule has 0 aliphatic carbocycles. The minimum atomic E-state index is -0.00345. The molecule has 1 saturated heterocycles. The van der Waals surface area contributed by atoms with Crippen molar-refractivity contribution in [1.82, 2.24) is 9.97 Å². The number of hydrogen-bond donors (Lipinski definition) is 2. The second kappa shape index (κ2) is 6.43. The van der Waals surface area contributed by atoms with Gasteiger partial charge in [0.2, 0.25) is 0 Å². The van der Waals surface area contributed by atoms with Crippen LogP contribution in [0.4, 0.5) is 0 Å². The van der Waals surface area contributed by atoms with E-state index >= 15 is 0 Å². The average Bonchev–Trinajstić information content (AvgIpc) is 3.24. The Morgan fingerprint density at radius 3 is 2.83 bits per heavy atom. The van der Waals surface area contributed by atoms with Crippen LogP contribution in [0, 0.1) is 5.92 Å². The highest BCUT2D eigenvalue weighted by molar-refractivity contribution is 7.18. The summed E-state index contributed by atoms with van der Waals surface area (Å²) < 4.78 is 0. The van der Waals surface area contributed by atoms with Gasteiger partial charge in [-0.25, -0.2) is 4.98 Å². The Bertz CT molecular complexity index is 889. The molecule has 0 unspecified atom stereocenters. The Balaban J connectivity index is 1.70. The third-order valence-electron chi connectivity index (χ3n) is 5.19. The number of nitrogens with one attached hydrogen (secondary N) is 2. The zero-order chi connectivity index (χ0) is 16.7. The van der Waals surface area contributed by atoms with Crippen LogP contribution in [-0.2, 0) is 0 Å². The van der Waals surface area contributed by atoms with Crippen molar-refractivity contribution >= 4 is 32.9 Å². The van der Waals surface area contributed by atoms with Crippen molar-refractivity contribution in [2.24, 2.45) is 5.92 Å². The highest BCUT2D eigenvalue weighted by Gasteiger charge is 2.27. The van der Waals surface area contributed by atoms with Crippen LogP contribution in [0.3, 0.4) is 0 Å². The van der Waals surface area contributed by atoms with E-state index in [9.17, 15) is 4.79 Å². The van der Waals surface area contributed by atoms with E-state index in [2.05, 4.69) is 30.3 Å². The van der Waals surface area contributed by atoms with Gasteiger partial charge in [-0.1, -0.05) is 13.0 Å². The molecule has 0 bridgehead atoms. The minimum absolute atomic E-state index is 0.00345. The van der Waals surface area contributed by atoms with Gasteiger partial charge in [0.1, 0.15) is 10.9 Å². The molecule has 0 aromatic carbocycles. The van der Waals surface area contributed by atoms with E-state index in [1.807, 2.05) is 11.4 Å². The number of aromatic amines is 1. The van der Waals surface area contributed by atoms with Gasteiger partial charge in [0.05, 0.1) is 18.5 Å². The van der Waals surface area contributed by atoms with Crippen LogP contribution in [0.1, 0.15) is 38.6 Å². The molecule has 4 nitrogen and oxygen atoms in total. The summed E-state index contributed by atoms with van der Waals surface area (Å²) >= 11 is 3.23. The van der Waals surface area contributed by atoms with Gasteiger partial charge in [-0.3, -0.25) is 4.79 Å². The monoisotopic (exact) mass is 360 g/mol. The fraction of sp³-hybridized carbons (Fsp3) is 0.444. The molecule has 1 atom stereocenters. The number of H-pyrrole nitrogens is 1. The van der Waals surface area contributed by atoms with Crippen molar-refractivity contribution in [3.63, 3.8) is 0 Å².